The molecular weight excluding hydrogens is 471 g/mol. The first kappa shape index (κ1) is 32.1. The topological polar surface area (TPSA) is 343 Å². The smallest absolute Gasteiger partial charge is 0.400 e. The zero-order valence-electron chi connectivity index (χ0n) is 14.4. The number of phosphoric acid groups is 3. The highest BCUT2D eigenvalue weighted by atomic mass is 31.2. The number of nitrogens with one attached hydrogen (secondary N) is 1. The van der Waals surface area contributed by atoms with Crippen LogP contribution >= 0.6 is 23.5 Å². The second kappa shape index (κ2) is 13.6. The van der Waals surface area contributed by atoms with Crippen molar-refractivity contribution >= 4 is 40.6 Å². The summed E-state index contributed by atoms with van der Waals surface area (Å²) in [6, 6.07) is 0. The second-order valence-corrected chi connectivity index (χ2v) is 7.10. The van der Waals surface area contributed by atoms with Crippen molar-refractivity contribution in [2.45, 2.75) is 0 Å². The molecule has 2 aromatic rings. The number of aliphatic hydroxyl groups is 1. The van der Waals surface area contributed by atoms with Gasteiger partial charge in [-0.2, -0.15) is 4.98 Å². The van der Waals surface area contributed by atoms with Gasteiger partial charge in [0.05, 0.1) is 6.33 Å². The maximum Gasteiger partial charge on any atom is 0.466 e. The predicted octanol–water partition coefficient (Wildman–Crippen LogP) is -3.94. The standard InChI is InChI=1S/C6H7N5O.CH4O.3H3O4P/c1-11-2-8-4-3(11)5(12)10-6(7)9-4;1-2;3*1-5(2,3)4/h2H,1H3,(H3,7,9,10,12);2H,1H3;3*(H3,1,2,3,4). The number of rotatable bonds is 0. The van der Waals surface area contributed by atoms with E-state index in [-0.39, 0.29) is 11.5 Å². The van der Waals surface area contributed by atoms with Crippen LogP contribution in [0.4, 0.5) is 5.95 Å². The van der Waals surface area contributed by atoms with E-state index in [1.165, 1.54) is 6.33 Å². The van der Waals surface area contributed by atoms with Crippen molar-refractivity contribution in [3.63, 3.8) is 0 Å². The van der Waals surface area contributed by atoms with Crippen LogP contribution in [-0.4, -0.2) is 75.8 Å². The average Bonchev–Trinajstić information content (AvgIpc) is 2.76. The molecule has 172 valence electrons. The quantitative estimate of drug-likeness (QED) is 0.156. The van der Waals surface area contributed by atoms with Crippen LogP contribution in [0.15, 0.2) is 11.1 Å². The van der Waals surface area contributed by atoms with E-state index >= 15 is 0 Å². The number of anilines is 1. The van der Waals surface area contributed by atoms with E-state index in [1.807, 2.05) is 0 Å². The van der Waals surface area contributed by atoms with E-state index in [0.29, 0.717) is 11.2 Å². The number of H-pyrrole nitrogens is 1. The molecule has 2 rings (SSSR count). The van der Waals surface area contributed by atoms with Gasteiger partial charge in [0.25, 0.3) is 5.56 Å². The minimum Gasteiger partial charge on any atom is -0.400 e. The lowest BCUT2D eigenvalue weighted by molar-refractivity contribution is 0.272. The average molecular weight is 491 g/mol. The predicted molar refractivity (Wildman–Crippen MR) is 94.5 cm³/mol. The Hall–Kier alpha value is -1.56. The number of aromatic amines is 1. The first-order chi connectivity index (χ1) is 12.7. The van der Waals surface area contributed by atoms with E-state index in [0.717, 1.165) is 7.11 Å². The molecule has 2 aromatic heterocycles. The molecule has 0 spiro atoms. The molecule has 0 amide bonds. The number of nitrogens with zero attached hydrogens (tertiary/aromatic N) is 3. The Morgan fingerprint density at radius 2 is 1.21 bits per heavy atom. The Morgan fingerprint density at radius 1 is 0.897 bits per heavy atom. The third-order valence-electron chi connectivity index (χ3n) is 1.60. The van der Waals surface area contributed by atoms with Crippen molar-refractivity contribution in [3.05, 3.63) is 16.7 Å². The summed E-state index contributed by atoms with van der Waals surface area (Å²) in [5.74, 6) is 0.0891. The highest BCUT2D eigenvalue weighted by Gasteiger charge is 2.05. The first-order valence-corrected chi connectivity index (χ1v) is 10.8. The molecule has 0 fully saturated rings. The summed E-state index contributed by atoms with van der Waals surface area (Å²) in [5, 5.41) is 7.00. The molecule has 0 saturated carbocycles. The van der Waals surface area contributed by atoms with Gasteiger partial charge in [0.2, 0.25) is 5.95 Å². The number of aromatic nitrogens is 4. The fourth-order valence-electron chi connectivity index (χ4n) is 1.08. The molecule has 19 nitrogen and oxygen atoms in total. The van der Waals surface area contributed by atoms with Gasteiger partial charge < -0.3 is 59.4 Å². The summed E-state index contributed by atoms with van der Waals surface area (Å²) < 4.78 is 28.2. The Labute approximate surface area is 160 Å². The van der Waals surface area contributed by atoms with Crippen LogP contribution in [0.25, 0.3) is 11.2 Å². The van der Waals surface area contributed by atoms with E-state index in [1.54, 1.807) is 11.6 Å². The van der Waals surface area contributed by atoms with Crippen LogP contribution in [0, 0.1) is 0 Å². The van der Waals surface area contributed by atoms with Gasteiger partial charge in [0.1, 0.15) is 0 Å². The van der Waals surface area contributed by atoms with Crippen molar-refractivity contribution in [2.75, 3.05) is 12.8 Å². The Bertz CT molecular complexity index is 851. The number of nitrogens with two attached hydrogens (primary N) is 1. The number of hydrogen-bond acceptors (Lipinski definition) is 8. The van der Waals surface area contributed by atoms with Gasteiger partial charge >= 0.3 is 23.5 Å². The number of imidazole rings is 1. The Balaban J connectivity index is -0.000000338. The summed E-state index contributed by atoms with van der Waals surface area (Å²) in [6.45, 7) is 0. The van der Waals surface area contributed by atoms with Crippen molar-refractivity contribution in [1.82, 2.24) is 19.5 Å². The SMILES string of the molecule is CO.Cn1cnc2nc(N)[nH]c(=O)c21.O=P(O)(O)O.O=P(O)(O)O.O=P(O)(O)O. The second-order valence-electron chi connectivity index (χ2n) is 4.02. The lowest BCUT2D eigenvalue weighted by Gasteiger charge is -1.93. The van der Waals surface area contributed by atoms with Gasteiger partial charge in [0, 0.05) is 14.2 Å². The fourth-order valence-corrected chi connectivity index (χ4v) is 1.08. The summed E-state index contributed by atoms with van der Waals surface area (Å²) in [6.07, 6.45) is 1.52. The number of fused-ring (bicyclic) bond motifs is 1. The third kappa shape index (κ3) is 28.7. The van der Waals surface area contributed by atoms with Gasteiger partial charge in [-0.1, -0.05) is 0 Å². The lowest BCUT2D eigenvalue weighted by Crippen LogP contribution is -2.13. The van der Waals surface area contributed by atoms with Crippen molar-refractivity contribution in [2.24, 2.45) is 7.05 Å². The first-order valence-electron chi connectivity index (χ1n) is 6.15. The maximum atomic E-state index is 11.2. The molecule has 0 radical (unpaired) electrons. The summed E-state index contributed by atoms with van der Waals surface area (Å²) in [5.41, 5.74) is 5.86. The molecule has 0 aromatic carbocycles. The monoisotopic (exact) mass is 491 g/mol. The molecule has 2 heterocycles. The summed E-state index contributed by atoms with van der Waals surface area (Å²) in [4.78, 5) is 86.1. The van der Waals surface area contributed by atoms with Crippen LogP contribution in [0.5, 0.6) is 0 Å². The number of nitrogen functional groups attached to an aromatic ring is 1. The minimum absolute atomic E-state index is 0.0891. The van der Waals surface area contributed by atoms with E-state index in [9.17, 15) is 4.79 Å². The molecule has 13 N–H and O–H groups in total. The molecule has 0 aliphatic heterocycles. The van der Waals surface area contributed by atoms with Crippen molar-refractivity contribution < 1.29 is 62.8 Å². The van der Waals surface area contributed by atoms with E-state index in [4.69, 9.17) is 68.6 Å². The van der Waals surface area contributed by atoms with E-state index < -0.39 is 23.5 Å². The highest BCUT2D eigenvalue weighted by Crippen LogP contribution is 2.26. The summed E-state index contributed by atoms with van der Waals surface area (Å²) >= 11 is 0. The molecular formula is C7H20N5O14P3. The minimum atomic E-state index is -4.64. The zero-order valence-corrected chi connectivity index (χ0v) is 17.1. The summed E-state index contributed by atoms with van der Waals surface area (Å²) in [7, 11) is -11.2. The molecule has 29 heavy (non-hydrogen) atoms. The maximum absolute atomic E-state index is 11.2. The lowest BCUT2D eigenvalue weighted by atomic mass is 10.5. The number of aliphatic hydroxyl groups excluding tert-OH is 1. The number of hydrogen-bond donors (Lipinski definition) is 12. The van der Waals surface area contributed by atoms with Gasteiger partial charge in [-0.25, -0.2) is 18.7 Å². The van der Waals surface area contributed by atoms with Crippen LogP contribution < -0.4 is 11.3 Å². The van der Waals surface area contributed by atoms with Gasteiger partial charge in [0.15, 0.2) is 11.2 Å². The Morgan fingerprint density at radius 3 is 1.52 bits per heavy atom. The molecule has 0 aliphatic carbocycles. The number of aryl methyl sites for hydroxylation is 1. The molecule has 0 saturated heterocycles. The van der Waals surface area contributed by atoms with Crippen LogP contribution in [0.1, 0.15) is 0 Å². The van der Waals surface area contributed by atoms with Crippen LogP contribution in [-0.2, 0) is 20.7 Å². The molecule has 0 aliphatic rings. The Kier molecular flexibility index (Phi) is 15.1. The van der Waals surface area contributed by atoms with Crippen LogP contribution in [0.2, 0.25) is 0 Å². The molecule has 0 atom stereocenters. The van der Waals surface area contributed by atoms with Crippen molar-refractivity contribution in [3.8, 4) is 0 Å². The zero-order chi connectivity index (χ0) is 24.2. The fraction of sp³-hybridized carbons (Fsp3) is 0.286. The van der Waals surface area contributed by atoms with Gasteiger partial charge in [-0.3, -0.25) is 9.78 Å². The van der Waals surface area contributed by atoms with Gasteiger partial charge in [-0.05, 0) is 0 Å². The molecule has 0 bridgehead atoms. The van der Waals surface area contributed by atoms with Crippen molar-refractivity contribution in [1.29, 1.82) is 0 Å². The van der Waals surface area contributed by atoms with Crippen LogP contribution in [0.3, 0.4) is 0 Å². The van der Waals surface area contributed by atoms with Gasteiger partial charge in [-0.15, -0.1) is 0 Å². The largest absolute Gasteiger partial charge is 0.466 e. The highest BCUT2D eigenvalue weighted by molar-refractivity contribution is 7.45. The third-order valence-corrected chi connectivity index (χ3v) is 1.60. The normalized spacial score (nSPS) is 10.8. The molecule has 22 heteroatoms. The van der Waals surface area contributed by atoms with E-state index in [2.05, 4.69) is 15.0 Å². The molecule has 0 unspecified atom stereocenters.